The highest BCUT2D eigenvalue weighted by molar-refractivity contribution is 9.10. The highest BCUT2D eigenvalue weighted by atomic mass is 79.9. The van der Waals surface area contributed by atoms with E-state index < -0.39 is 0 Å². The molecule has 0 radical (unpaired) electrons. The molecule has 1 aliphatic rings. The Bertz CT molecular complexity index is 321. The summed E-state index contributed by atoms with van der Waals surface area (Å²) in [5.41, 5.74) is 2.95. The number of halogens is 1. The predicted molar refractivity (Wildman–Crippen MR) is 73.3 cm³/mol. The van der Waals surface area contributed by atoms with Crippen LogP contribution in [0, 0.1) is 5.92 Å². The first-order valence-corrected chi connectivity index (χ1v) is 7.67. The molecule has 0 bridgehead atoms. The molecule has 1 aromatic rings. The van der Waals surface area contributed by atoms with Crippen LogP contribution in [0.1, 0.15) is 49.4 Å². The van der Waals surface area contributed by atoms with E-state index in [-0.39, 0.29) is 0 Å². The number of nitrogens with two attached hydrogens (primary N) is 1. The first-order chi connectivity index (χ1) is 7.81. The first-order valence-electron chi connectivity index (χ1n) is 6.00. The molecule has 0 aliphatic heterocycles. The van der Waals surface area contributed by atoms with Crippen molar-refractivity contribution < 1.29 is 0 Å². The number of rotatable bonds is 5. The highest BCUT2D eigenvalue weighted by Crippen LogP contribution is 2.35. The molecule has 0 aromatic carbocycles. The van der Waals surface area contributed by atoms with Gasteiger partial charge >= 0.3 is 0 Å². The third-order valence-electron chi connectivity index (χ3n) is 3.50. The SMILES string of the molecule is NNC(CCC1CCCC1)c1sccc1Br. The van der Waals surface area contributed by atoms with Crippen molar-refractivity contribution >= 4 is 27.3 Å². The molecule has 3 N–H and O–H groups in total. The average molecular weight is 303 g/mol. The van der Waals surface area contributed by atoms with Gasteiger partial charge in [0, 0.05) is 9.35 Å². The van der Waals surface area contributed by atoms with Gasteiger partial charge in [0.05, 0.1) is 6.04 Å². The van der Waals surface area contributed by atoms with E-state index in [1.54, 1.807) is 11.3 Å². The Morgan fingerprint density at radius 2 is 2.25 bits per heavy atom. The van der Waals surface area contributed by atoms with E-state index in [0.717, 1.165) is 12.3 Å². The Balaban J connectivity index is 1.88. The van der Waals surface area contributed by atoms with Crippen LogP contribution < -0.4 is 11.3 Å². The van der Waals surface area contributed by atoms with Gasteiger partial charge in [-0.05, 0) is 46.1 Å². The predicted octanol–water partition coefficient (Wildman–Crippen LogP) is 3.99. The van der Waals surface area contributed by atoms with Crippen molar-refractivity contribution in [3.05, 3.63) is 20.8 Å². The maximum absolute atomic E-state index is 5.65. The van der Waals surface area contributed by atoms with Crippen molar-refractivity contribution in [3.8, 4) is 0 Å². The zero-order chi connectivity index (χ0) is 11.4. The van der Waals surface area contributed by atoms with Crippen molar-refractivity contribution in [2.24, 2.45) is 11.8 Å². The Morgan fingerprint density at radius 1 is 1.50 bits per heavy atom. The van der Waals surface area contributed by atoms with Gasteiger partial charge in [0.25, 0.3) is 0 Å². The third kappa shape index (κ3) is 3.06. The van der Waals surface area contributed by atoms with E-state index in [0.29, 0.717) is 6.04 Å². The highest BCUT2D eigenvalue weighted by Gasteiger charge is 2.19. The monoisotopic (exact) mass is 302 g/mol. The summed E-state index contributed by atoms with van der Waals surface area (Å²) in [7, 11) is 0. The fraction of sp³-hybridized carbons (Fsp3) is 0.667. The van der Waals surface area contributed by atoms with Crippen LogP contribution >= 0.6 is 27.3 Å². The average Bonchev–Trinajstić information content (AvgIpc) is 2.92. The summed E-state index contributed by atoms with van der Waals surface area (Å²) in [4.78, 5) is 1.33. The van der Waals surface area contributed by atoms with Crippen LogP contribution in [0.4, 0.5) is 0 Å². The normalized spacial score (nSPS) is 19.1. The summed E-state index contributed by atoms with van der Waals surface area (Å²) in [5.74, 6) is 6.59. The number of hydrazine groups is 1. The molecule has 90 valence electrons. The van der Waals surface area contributed by atoms with Gasteiger partial charge in [-0.2, -0.15) is 0 Å². The second kappa shape index (κ2) is 6.15. The van der Waals surface area contributed by atoms with Crippen LogP contribution in [-0.4, -0.2) is 0 Å². The molecule has 1 saturated carbocycles. The molecular weight excluding hydrogens is 284 g/mol. The number of thiophene rings is 1. The van der Waals surface area contributed by atoms with Crippen LogP contribution in [0.25, 0.3) is 0 Å². The van der Waals surface area contributed by atoms with Gasteiger partial charge in [-0.3, -0.25) is 11.3 Å². The van der Waals surface area contributed by atoms with Gasteiger partial charge in [-0.15, -0.1) is 11.3 Å². The second-order valence-corrected chi connectivity index (χ2v) is 6.38. The first kappa shape index (κ1) is 12.6. The van der Waals surface area contributed by atoms with E-state index >= 15 is 0 Å². The molecule has 1 aliphatic carbocycles. The standard InChI is InChI=1S/C12H19BrN2S/c13-10-7-8-16-12(10)11(15-14)6-5-9-3-1-2-4-9/h7-9,11,15H,1-6,14H2. The molecule has 0 spiro atoms. The van der Waals surface area contributed by atoms with Gasteiger partial charge in [0.2, 0.25) is 0 Å². The molecule has 2 rings (SSSR count). The summed E-state index contributed by atoms with van der Waals surface area (Å²) < 4.78 is 1.19. The zero-order valence-electron chi connectivity index (χ0n) is 9.42. The van der Waals surface area contributed by atoms with Crippen molar-refractivity contribution in [1.82, 2.24) is 5.43 Å². The number of hydrogen-bond acceptors (Lipinski definition) is 3. The topological polar surface area (TPSA) is 38.0 Å². The third-order valence-corrected chi connectivity index (χ3v) is 5.49. The van der Waals surface area contributed by atoms with Crippen LogP contribution in [-0.2, 0) is 0 Å². The van der Waals surface area contributed by atoms with E-state index in [4.69, 9.17) is 5.84 Å². The van der Waals surface area contributed by atoms with Crippen molar-refractivity contribution in [3.63, 3.8) is 0 Å². The fourth-order valence-electron chi connectivity index (χ4n) is 2.55. The summed E-state index contributed by atoms with van der Waals surface area (Å²) in [5, 5.41) is 2.11. The minimum absolute atomic E-state index is 0.315. The Morgan fingerprint density at radius 3 is 2.81 bits per heavy atom. The number of hydrogen-bond donors (Lipinski definition) is 2. The molecule has 1 atom stereocenters. The lowest BCUT2D eigenvalue weighted by molar-refractivity contribution is 0.419. The summed E-state index contributed by atoms with van der Waals surface area (Å²) in [6.45, 7) is 0. The molecule has 1 fully saturated rings. The van der Waals surface area contributed by atoms with E-state index in [1.807, 2.05) is 0 Å². The van der Waals surface area contributed by atoms with Crippen LogP contribution in [0.15, 0.2) is 15.9 Å². The molecule has 1 unspecified atom stereocenters. The molecule has 0 saturated heterocycles. The minimum atomic E-state index is 0.315. The lowest BCUT2D eigenvalue weighted by Crippen LogP contribution is -2.28. The van der Waals surface area contributed by atoms with E-state index in [9.17, 15) is 0 Å². The summed E-state index contributed by atoms with van der Waals surface area (Å²) in [6, 6.07) is 2.41. The maximum Gasteiger partial charge on any atom is 0.0564 e. The van der Waals surface area contributed by atoms with Crippen LogP contribution in [0.2, 0.25) is 0 Å². The minimum Gasteiger partial charge on any atom is -0.271 e. The molecule has 4 heteroatoms. The Hall–Kier alpha value is 0.100. The van der Waals surface area contributed by atoms with E-state index in [1.165, 1.54) is 41.5 Å². The van der Waals surface area contributed by atoms with Crippen LogP contribution in [0.3, 0.4) is 0 Å². The van der Waals surface area contributed by atoms with E-state index in [2.05, 4.69) is 32.8 Å². The van der Waals surface area contributed by atoms with Gasteiger partial charge < -0.3 is 0 Å². The Labute approximate surface area is 110 Å². The smallest absolute Gasteiger partial charge is 0.0564 e. The molecule has 1 heterocycles. The van der Waals surface area contributed by atoms with Gasteiger partial charge in [0.15, 0.2) is 0 Å². The van der Waals surface area contributed by atoms with Gasteiger partial charge in [0.1, 0.15) is 0 Å². The molecule has 2 nitrogen and oxygen atoms in total. The molecular formula is C12H19BrN2S. The van der Waals surface area contributed by atoms with Crippen LogP contribution in [0.5, 0.6) is 0 Å². The van der Waals surface area contributed by atoms with Crippen molar-refractivity contribution in [1.29, 1.82) is 0 Å². The summed E-state index contributed by atoms with van der Waals surface area (Å²) >= 11 is 5.35. The Kier molecular flexibility index (Phi) is 4.82. The second-order valence-electron chi connectivity index (χ2n) is 4.58. The van der Waals surface area contributed by atoms with Crippen molar-refractivity contribution in [2.45, 2.75) is 44.6 Å². The quantitative estimate of drug-likeness (QED) is 0.637. The zero-order valence-corrected chi connectivity index (χ0v) is 11.8. The lowest BCUT2D eigenvalue weighted by atomic mass is 9.98. The summed E-state index contributed by atoms with van der Waals surface area (Å²) in [6.07, 6.45) is 8.15. The fourth-order valence-corrected chi connectivity index (χ4v) is 4.29. The lowest BCUT2D eigenvalue weighted by Gasteiger charge is -2.17. The molecule has 0 amide bonds. The van der Waals surface area contributed by atoms with Crippen molar-refractivity contribution in [2.75, 3.05) is 0 Å². The molecule has 1 aromatic heterocycles. The largest absolute Gasteiger partial charge is 0.271 e. The maximum atomic E-state index is 5.65. The number of nitrogens with one attached hydrogen (secondary N) is 1. The molecule has 16 heavy (non-hydrogen) atoms. The van der Waals surface area contributed by atoms with Gasteiger partial charge in [-0.1, -0.05) is 25.7 Å². The van der Waals surface area contributed by atoms with Gasteiger partial charge in [-0.25, -0.2) is 0 Å².